The molecule has 0 aliphatic rings. The van der Waals surface area contributed by atoms with E-state index >= 15 is 0 Å². The summed E-state index contributed by atoms with van der Waals surface area (Å²) in [7, 11) is 0. The zero-order valence-corrected chi connectivity index (χ0v) is 54.1. The first kappa shape index (κ1) is 63.8. The van der Waals surface area contributed by atoms with Crippen LogP contribution in [0.4, 0.5) is 0 Å². The molecule has 0 saturated heterocycles. The Hall–Kier alpha value is -7.04. The molecule has 80 heavy (non-hydrogen) atoms. The number of aryl methyl sites for hydroxylation is 4. The van der Waals surface area contributed by atoms with Crippen molar-refractivity contribution < 1.29 is 80.4 Å². The molecule has 0 fully saturated rings. The van der Waals surface area contributed by atoms with Crippen molar-refractivity contribution in [1.82, 2.24) is 19.9 Å². The van der Waals surface area contributed by atoms with Crippen LogP contribution in [-0.4, -0.2) is 19.9 Å². The van der Waals surface area contributed by atoms with Crippen LogP contribution in [0, 0.1) is 52.0 Å². The Bertz CT molecular complexity index is 3610. The van der Waals surface area contributed by atoms with E-state index < -0.39 is 0 Å². The molecule has 8 aromatic carbocycles. The third kappa shape index (κ3) is 18.2. The van der Waals surface area contributed by atoms with E-state index in [4.69, 9.17) is 0 Å². The third-order valence-corrected chi connectivity index (χ3v) is 12.4. The zero-order chi connectivity index (χ0) is 52.3. The first-order valence-electron chi connectivity index (χ1n) is 25.3. The molecule has 0 atom stereocenters. The predicted molar refractivity (Wildman–Crippen MR) is 315 cm³/mol. The quantitative estimate of drug-likeness (QED) is 0.142. The standard InChI is InChI=1S/4C18H14N.4Ir/c1-14-6-4-7-15(12-14)16-8-5-9-17(13-16)18-10-2-3-11-19-18;1-14-7-5-12-18(19-14)17-11-6-10-16(13-17)15-8-3-2-4-9-15;1-14-6-5-13-19-18(14)17-11-9-16(10-12-17)15-7-3-2-4-8-15;1-14-10-11-18(19-13-14)17-9-5-8-16(12-17)15-6-3-2-4-7-15;;;;/h2-8,10-13H,1H3;2-10,12-13H,1H3;2-11,13H,1H3;2-8,10-13H,1H3;;;;/q4*-1;;;;. The van der Waals surface area contributed by atoms with E-state index in [0.29, 0.717) is 0 Å². The molecule has 0 aliphatic heterocycles. The average molecular weight is 1750 g/mol. The van der Waals surface area contributed by atoms with Gasteiger partial charge in [0.05, 0.1) is 0 Å². The first-order chi connectivity index (χ1) is 37.3. The summed E-state index contributed by atoms with van der Waals surface area (Å²) < 4.78 is 0. The minimum Gasteiger partial charge on any atom is -0.305 e. The Labute approximate surface area is 526 Å². The number of hydrogen-bond donors (Lipinski definition) is 0. The van der Waals surface area contributed by atoms with Crippen LogP contribution in [0.25, 0.3) is 89.5 Å². The summed E-state index contributed by atoms with van der Waals surface area (Å²) in [6.45, 7) is 8.23. The van der Waals surface area contributed by atoms with Crippen molar-refractivity contribution in [3.8, 4) is 89.5 Å². The molecule has 8 heteroatoms. The minimum absolute atomic E-state index is 0. The van der Waals surface area contributed by atoms with Crippen LogP contribution < -0.4 is 0 Å². The second-order valence-electron chi connectivity index (χ2n) is 18.2. The number of nitrogens with zero attached hydrogens (tertiary/aromatic N) is 4. The third-order valence-electron chi connectivity index (χ3n) is 12.4. The maximum absolute atomic E-state index is 4.55. The van der Waals surface area contributed by atoms with Crippen LogP contribution in [-0.2, 0) is 80.4 Å². The molecule has 0 amide bonds. The van der Waals surface area contributed by atoms with Gasteiger partial charge in [0.1, 0.15) is 0 Å². The molecule has 12 rings (SSSR count). The summed E-state index contributed by atoms with van der Waals surface area (Å²) in [4.78, 5) is 17.8. The smallest absolute Gasteiger partial charge is 0.0266 e. The van der Waals surface area contributed by atoms with E-state index in [1.807, 2.05) is 136 Å². The summed E-state index contributed by atoms with van der Waals surface area (Å²) >= 11 is 0. The summed E-state index contributed by atoms with van der Waals surface area (Å²) in [6, 6.07) is 97.5. The van der Waals surface area contributed by atoms with E-state index in [9.17, 15) is 0 Å². The second-order valence-corrected chi connectivity index (χ2v) is 18.2. The molecular formula is C72H56Ir4N4-4. The van der Waals surface area contributed by atoms with Gasteiger partial charge in [-0.25, -0.2) is 0 Å². The Kier molecular flexibility index (Phi) is 26.2. The number of pyridine rings is 4. The van der Waals surface area contributed by atoms with Gasteiger partial charge in [0.25, 0.3) is 0 Å². The number of rotatable bonds is 8. The Morgan fingerprint density at radius 1 is 0.300 bits per heavy atom. The average Bonchev–Trinajstić information content (AvgIpc) is 3.50. The second kappa shape index (κ2) is 32.9. The van der Waals surface area contributed by atoms with E-state index in [1.54, 1.807) is 0 Å². The summed E-state index contributed by atoms with van der Waals surface area (Å²) in [6.07, 6.45) is 5.52. The molecule has 4 aromatic heterocycles. The van der Waals surface area contributed by atoms with Crippen LogP contribution in [0.2, 0.25) is 0 Å². The van der Waals surface area contributed by atoms with Gasteiger partial charge in [-0.3, -0.25) is 0 Å². The number of benzene rings is 8. The maximum atomic E-state index is 4.55. The molecule has 404 valence electrons. The van der Waals surface area contributed by atoms with Gasteiger partial charge in [0.2, 0.25) is 0 Å². The number of aromatic nitrogens is 4. The van der Waals surface area contributed by atoms with Gasteiger partial charge in [-0.15, -0.1) is 136 Å². The van der Waals surface area contributed by atoms with Crippen molar-refractivity contribution in [2.75, 3.05) is 0 Å². The van der Waals surface area contributed by atoms with Crippen LogP contribution in [0.1, 0.15) is 22.4 Å². The number of hydrogen-bond acceptors (Lipinski definition) is 4. The molecular weight excluding hydrogens is 1690 g/mol. The molecule has 0 unspecified atom stereocenters. The molecule has 4 heterocycles. The minimum atomic E-state index is 0. The molecule has 0 saturated carbocycles. The van der Waals surface area contributed by atoms with Crippen molar-refractivity contribution in [2.24, 2.45) is 0 Å². The monoisotopic (exact) mass is 1750 g/mol. The Balaban J connectivity index is 0.000000193. The normalized spacial score (nSPS) is 9.85. The van der Waals surface area contributed by atoms with E-state index in [-0.39, 0.29) is 80.4 Å². The van der Waals surface area contributed by atoms with Gasteiger partial charge in [0.15, 0.2) is 0 Å². The van der Waals surface area contributed by atoms with E-state index in [1.165, 1.54) is 61.2 Å². The molecule has 0 aliphatic carbocycles. The Morgan fingerprint density at radius 3 is 1.29 bits per heavy atom. The van der Waals surface area contributed by atoms with Gasteiger partial charge in [-0.2, -0.15) is 0 Å². The SMILES string of the molecule is Cc1ccc(-c2[c-]ccc(-c3ccccc3)c2)nc1.Cc1cccc(-c2[c-]ccc(-c3ccccc3)c2)n1.Cc1cccc(-c2cc[c-]c(-c3ccccn3)c2)c1.Cc1cccnc1-c1[c-]cc(-c2ccccc2)cc1.[Ir].[Ir].[Ir].[Ir]. The van der Waals surface area contributed by atoms with Crippen molar-refractivity contribution in [2.45, 2.75) is 27.7 Å². The largest absolute Gasteiger partial charge is 0.305 e. The Morgan fingerprint density at radius 2 is 0.787 bits per heavy atom. The molecule has 0 bridgehead atoms. The van der Waals surface area contributed by atoms with Crippen LogP contribution in [0.15, 0.2) is 267 Å². The molecule has 0 N–H and O–H groups in total. The fourth-order valence-corrected chi connectivity index (χ4v) is 8.46. The van der Waals surface area contributed by atoms with Gasteiger partial charge in [0, 0.05) is 105 Å². The van der Waals surface area contributed by atoms with Crippen molar-refractivity contribution in [1.29, 1.82) is 0 Å². The predicted octanol–water partition coefficient (Wildman–Crippen LogP) is 18.1. The maximum Gasteiger partial charge on any atom is 0.0266 e. The van der Waals surface area contributed by atoms with E-state index in [0.717, 1.165) is 50.7 Å². The van der Waals surface area contributed by atoms with Crippen LogP contribution in [0.5, 0.6) is 0 Å². The topological polar surface area (TPSA) is 51.6 Å². The molecule has 4 radical (unpaired) electrons. The zero-order valence-electron chi connectivity index (χ0n) is 44.5. The summed E-state index contributed by atoms with van der Waals surface area (Å²) in [5.41, 5.74) is 22.3. The van der Waals surface area contributed by atoms with Crippen LogP contribution in [0.3, 0.4) is 0 Å². The fraction of sp³-hybridized carbons (Fsp3) is 0.0556. The van der Waals surface area contributed by atoms with Crippen LogP contribution >= 0.6 is 0 Å². The summed E-state index contributed by atoms with van der Waals surface area (Å²) in [5, 5.41) is 0. The molecule has 4 nitrogen and oxygen atoms in total. The van der Waals surface area contributed by atoms with Crippen molar-refractivity contribution in [3.63, 3.8) is 0 Å². The van der Waals surface area contributed by atoms with Gasteiger partial charge in [-0.1, -0.05) is 180 Å². The van der Waals surface area contributed by atoms with Gasteiger partial charge < -0.3 is 19.9 Å². The summed E-state index contributed by atoms with van der Waals surface area (Å²) in [5.74, 6) is 0. The van der Waals surface area contributed by atoms with Crippen molar-refractivity contribution in [3.05, 3.63) is 314 Å². The van der Waals surface area contributed by atoms with E-state index in [2.05, 4.69) is 204 Å². The molecule has 0 spiro atoms. The van der Waals surface area contributed by atoms with Gasteiger partial charge >= 0.3 is 0 Å². The van der Waals surface area contributed by atoms with Gasteiger partial charge in [-0.05, 0) is 90.9 Å². The fourth-order valence-electron chi connectivity index (χ4n) is 8.46. The molecule has 12 aromatic rings. The first-order valence-corrected chi connectivity index (χ1v) is 25.3. The van der Waals surface area contributed by atoms with Crippen molar-refractivity contribution >= 4 is 0 Å².